The van der Waals surface area contributed by atoms with Gasteiger partial charge in [0.2, 0.25) is 5.75 Å². The van der Waals surface area contributed by atoms with Crippen molar-refractivity contribution in [2.75, 3.05) is 26.6 Å². The molecular formula is C19H23N3O3S. The van der Waals surface area contributed by atoms with Gasteiger partial charge in [0.05, 0.1) is 27.0 Å². The van der Waals surface area contributed by atoms with Crippen LogP contribution >= 0.6 is 12.2 Å². The number of nitrogens with zero attached hydrogens (tertiary/aromatic N) is 1. The number of ether oxygens (including phenoxy) is 3. The van der Waals surface area contributed by atoms with Crippen molar-refractivity contribution in [3.05, 3.63) is 47.5 Å². The summed E-state index contributed by atoms with van der Waals surface area (Å²) in [6.45, 7) is 3.87. The summed E-state index contributed by atoms with van der Waals surface area (Å²) in [5.74, 6) is 1.67. The van der Waals surface area contributed by atoms with Gasteiger partial charge in [-0.3, -0.25) is 5.43 Å². The Bertz CT molecular complexity index is 796. The van der Waals surface area contributed by atoms with Gasteiger partial charge in [0.1, 0.15) is 0 Å². The average molecular weight is 373 g/mol. The van der Waals surface area contributed by atoms with Crippen LogP contribution in [0, 0.1) is 6.92 Å². The molecule has 0 unspecified atom stereocenters. The van der Waals surface area contributed by atoms with E-state index in [0.29, 0.717) is 22.4 Å². The molecule has 6 nitrogen and oxygen atoms in total. The summed E-state index contributed by atoms with van der Waals surface area (Å²) < 4.78 is 16.1. The van der Waals surface area contributed by atoms with Crippen molar-refractivity contribution < 1.29 is 14.2 Å². The van der Waals surface area contributed by atoms with E-state index in [4.69, 9.17) is 26.4 Å². The molecule has 7 heteroatoms. The molecular weight excluding hydrogens is 350 g/mol. The molecule has 2 N–H and O–H groups in total. The van der Waals surface area contributed by atoms with Gasteiger partial charge in [-0.15, -0.1) is 0 Å². The number of anilines is 1. The second-order valence-corrected chi connectivity index (χ2v) is 5.90. The van der Waals surface area contributed by atoms with Gasteiger partial charge in [0.15, 0.2) is 16.6 Å². The van der Waals surface area contributed by atoms with Crippen LogP contribution in [-0.2, 0) is 0 Å². The van der Waals surface area contributed by atoms with Crippen LogP contribution < -0.4 is 25.0 Å². The smallest absolute Gasteiger partial charge is 0.203 e. The van der Waals surface area contributed by atoms with Crippen molar-refractivity contribution in [2.24, 2.45) is 5.10 Å². The minimum absolute atomic E-state index is 0.408. The molecule has 0 atom stereocenters. The fraction of sp³-hybridized carbons (Fsp3) is 0.263. The fourth-order valence-corrected chi connectivity index (χ4v) is 2.51. The summed E-state index contributed by atoms with van der Waals surface area (Å²) in [5, 5.41) is 7.87. The molecule has 0 aliphatic carbocycles. The summed E-state index contributed by atoms with van der Waals surface area (Å²) in [6, 6.07) is 11.6. The van der Waals surface area contributed by atoms with E-state index in [1.54, 1.807) is 21.3 Å². The Kier molecular flexibility index (Phi) is 6.80. The number of benzene rings is 2. The second kappa shape index (κ2) is 9.05. The molecule has 0 bridgehead atoms. The standard InChI is InChI=1S/C19H23N3O3S/c1-12-8-6-7-9-15(12)20-19(26)22-21-13(2)14-10-16(23-3)18(25-5)17(11-14)24-4/h6-11H,1-5H3,(H2,20,22,26)/b21-13-. The molecule has 0 aromatic heterocycles. The van der Waals surface area contributed by atoms with E-state index in [-0.39, 0.29) is 0 Å². The molecule has 2 rings (SSSR count). The number of methoxy groups -OCH3 is 3. The van der Waals surface area contributed by atoms with Gasteiger partial charge in [0, 0.05) is 11.3 Å². The molecule has 0 radical (unpaired) electrons. The molecule has 0 amide bonds. The maximum Gasteiger partial charge on any atom is 0.203 e. The topological polar surface area (TPSA) is 64.1 Å². The van der Waals surface area contributed by atoms with E-state index in [0.717, 1.165) is 22.5 Å². The van der Waals surface area contributed by atoms with Crippen molar-refractivity contribution in [3.8, 4) is 17.2 Å². The molecule has 0 spiro atoms. The van der Waals surface area contributed by atoms with Crippen molar-refractivity contribution in [2.45, 2.75) is 13.8 Å². The predicted octanol–water partition coefficient (Wildman–Crippen LogP) is 3.73. The van der Waals surface area contributed by atoms with Crippen molar-refractivity contribution in [3.63, 3.8) is 0 Å². The van der Waals surface area contributed by atoms with Gasteiger partial charge in [-0.25, -0.2) is 0 Å². The van der Waals surface area contributed by atoms with Gasteiger partial charge in [-0.05, 0) is 49.8 Å². The summed E-state index contributed by atoms with van der Waals surface area (Å²) in [5.41, 5.74) is 6.44. The molecule has 138 valence electrons. The highest BCUT2D eigenvalue weighted by Gasteiger charge is 2.14. The Morgan fingerprint density at radius 2 is 1.62 bits per heavy atom. The Hall–Kier alpha value is -2.80. The van der Waals surface area contributed by atoms with Gasteiger partial charge in [0.25, 0.3) is 0 Å². The highest BCUT2D eigenvalue weighted by atomic mass is 32.1. The van der Waals surface area contributed by atoms with E-state index < -0.39 is 0 Å². The summed E-state index contributed by atoms with van der Waals surface area (Å²) in [7, 11) is 4.72. The number of nitrogens with one attached hydrogen (secondary N) is 2. The first-order valence-electron chi connectivity index (χ1n) is 7.97. The number of hydrogen-bond acceptors (Lipinski definition) is 5. The molecule has 26 heavy (non-hydrogen) atoms. The van der Waals surface area contributed by atoms with Gasteiger partial charge in [-0.2, -0.15) is 5.10 Å². The van der Waals surface area contributed by atoms with Crippen LogP contribution in [0.1, 0.15) is 18.1 Å². The first-order valence-corrected chi connectivity index (χ1v) is 8.38. The van der Waals surface area contributed by atoms with Crippen LogP contribution in [0.4, 0.5) is 5.69 Å². The number of rotatable bonds is 6. The summed E-state index contributed by atoms with van der Waals surface area (Å²) in [4.78, 5) is 0. The maximum atomic E-state index is 5.37. The predicted molar refractivity (Wildman–Crippen MR) is 109 cm³/mol. The van der Waals surface area contributed by atoms with Crippen LogP contribution in [0.5, 0.6) is 17.2 Å². The van der Waals surface area contributed by atoms with Crippen LogP contribution in [0.3, 0.4) is 0 Å². The number of aryl methyl sites for hydroxylation is 1. The summed E-state index contributed by atoms with van der Waals surface area (Å²) >= 11 is 5.30. The lowest BCUT2D eigenvalue weighted by molar-refractivity contribution is 0.324. The molecule has 0 saturated heterocycles. The summed E-state index contributed by atoms with van der Waals surface area (Å²) in [6.07, 6.45) is 0. The Balaban J connectivity index is 2.16. The normalized spacial score (nSPS) is 10.9. The van der Waals surface area contributed by atoms with E-state index >= 15 is 0 Å². The van der Waals surface area contributed by atoms with Crippen molar-refractivity contribution >= 4 is 28.7 Å². The molecule has 2 aromatic rings. The third-order valence-electron chi connectivity index (χ3n) is 3.80. The zero-order chi connectivity index (χ0) is 19.1. The van der Waals surface area contributed by atoms with E-state index in [1.807, 2.05) is 50.2 Å². The van der Waals surface area contributed by atoms with Crippen molar-refractivity contribution in [1.82, 2.24) is 5.43 Å². The molecule has 0 aliphatic heterocycles. The first-order chi connectivity index (χ1) is 12.5. The third-order valence-corrected chi connectivity index (χ3v) is 3.99. The number of thiocarbonyl (C=S) groups is 1. The van der Waals surface area contributed by atoms with Crippen molar-refractivity contribution in [1.29, 1.82) is 0 Å². The van der Waals surface area contributed by atoms with Crippen LogP contribution in [0.15, 0.2) is 41.5 Å². The quantitative estimate of drug-likeness (QED) is 0.457. The van der Waals surface area contributed by atoms with E-state index in [1.165, 1.54) is 0 Å². The molecule has 0 heterocycles. The van der Waals surface area contributed by atoms with Gasteiger partial charge in [-0.1, -0.05) is 18.2 Å². The highest BCUT2D eigenvalue weighted by molar-refractivity contribution is 7.80. The minimum Gasteiger partial charge on any atom is -0.493 e. The second-order valence-electron chi connectivity index (χ2n) is 5.49. The maximum absolute atomic E-state index is 5.37. The minimum atomic E-state index is 0.408. The number of para-hydroxylation sites is 1. The van der Waals surface area contributed by atoms with Gasteiger partial charge >= 0.3 is 0 Å². The Labute approximate surface area is 159 Å². The monoisotopic (exact) mass is 373 g/mol. The lowest BCUT2D eigenvalue weighted by atomic mass is 10.1. The molecule has 0 fully saturated rings. The van der Waals surface area contributed by atoms with Crippen LogP contribution in [0.25, 0.3) is 0 Å². The van der Waals surface area contributed by atoms with Gasteiger partial charge < -0.3 is 19.5 Å². The first kappa shape index (κ1) is 19.5. The lowest BCUT2D eigenvalue weighted by Crippen LogP contribution is -2.25. The molecule has 2 aromatic carbocycles. The number of hydrogen-bond donors (Lipinski definition) is 2. The van der Waals surface area contributed by atoms with Crippen LogP contribution in [0.2, 0.25) is 0 Å². The average Bonchev–Trinajstić information content (AvgIpc) is 2.66. The van der Waals surface area contributed by atoms with E-state index in [9.17, 15) is 0 Å². The lowest BCUT2D eigenvalue weighted by Gasteiger charge is -2.14. The third kappa shape index (κ3) is 4.64. The fourth-order valence-electron chi connectivity index (χ4n) is 2.35. The molecule has 0 saturated carbocycles. The Morgan fingerprint density at radius 1 is 1.00 bits per heavy atom. The SMILES string of the molecule is COc1cc(/C(C)=N\NC(=S)Nc2ccccc2C)cc(OC)c1OC. The largest absolute Gasteiger partial charge is 0.493 e. The molecule has 0 aliphatic rings. The zero-order valence-corrected chi connectivity index (χ0v) is 16.4. The highest BCUT2D eigenvalue weighted by Crippen LogP contribution is 2.38. The zero-order valence-electron chi connectivity index (χ0n) is 15.5. The van der Waals surface area contributed by atoms with Crippen LogP contribution in [-0.4, -0.2) is 32.2 Å². The Morgan fingerprint density at radius 3 is 2.15 bits per heavy atom. The van der Waals surface area contributed by atoms with E-state index in [2.05, 4.69) is 15.8 Å². The number of hydrazone groups is 1.